The SMILES string of the molecule is CC(=CC(=O)c1ccncc1)CCCC=O. The summed E-state index contributed by atoms with van der Waals surface area (Å²) in [5, 5.41) is 0. The van der Waals surface area contributed by atoms with E-state index >= 15 is 0 Å². The molecule has 0 radical (unpaired) electrons. The average Bonchev–Trinajstić information content (AvgIpc) is 2.30. The molecule has 0 aliphatic carbocycles. The quantitative estimate of drug-likeness (QED) is 0.318. The Morgan fingerprint density at radius 1 is 1.38 bits per heavy atom. The number of rotatable bonds is 6. The van der Waals surface area contributed by atoms with Crippen LogP contribution in [0.25, 0.3) is 0 Å². The molecule has 0 spiro atoms. The number of hydrogen-bond acceptors (Lipinski definition) is 3. The molecular formula is C13H15NO2. The Hall–Kier alpha value is -1.77. The Balaban J connectivity index is 2.55. The lowest BCUT2D eigenvalue weighted by atomic mass is 10.1. The van der Waals surface area contributed by atoms with Crippen molar-refractivity contribution in [2.24, 2.45) is 0 Å². The van der Waals surface area contributed by atoms with Crippen LogP contribution in [0.15, 0.2) is 36.2 Å². The first kappa shape index (κ1) is 12.3. The van der Waals surface area contributed by atoms with E-state index in [1.807, 2.05) is 6.92 Å². The van der Waals surface area contributed by atoms with Gasteiger partial charge in [0.2, 0.25) is 0 Å². The zero-order chi connectivity index (χ0) is 11.8. The molecule has 1 rings (SSSR count). The van der Waals surface area contributed by atoms with Crippen LogP contribution in [-0.4, -0.2) is 17.1 Å². The molecule has 0 bridgehead atoms. The number of carbonyl (C=O) groups is 2. The maximum absolute atomic E-state index is 11.7. The predicted octanol–water partition coefficient (Wildman–Crippen LogP) is 2.58. The molecule has 3 heteroatoms. The second-order valence-corrected chi connectivity index (χ2v) is 3.65. The minimum Gasteiger partial charge on any atom is -0.303 e. The Morgan fingerprint density at radius 3 is 2.69 bits per heavy atom. The van der Waals surface area contributed by atoms with E-state index in [0.29, 0.717) is 12.0 Å². The smallest absolute Gasteiger partial charge is 0.185 e. The molecule has 3 nitrogen and oxygen atoms in total. The lowest BCUT2D eigenvalue weighted by Crippen LogP contribution is -1.95. The van der Waals surface area contributed by atoms with E-state index in [1.54, 1.807) is 30.6 Å². The molecule has 1 heterocycles. The molecule has 0 atom stereocenters. The van der Waals surface area contributed by atoms with Gasteiger partial charge in [0.1, 0.15) is 6.29 Å². The van der Waals surface area contributed by atoms with E-state index < -0.39 is 0 Å². The summed E-state index contributed by atoms with van der Waals surface area (Å²) < 4.78 is 0. The summed E-state index contributed by atoms with van der Waals surface area (Å²) in [5.41, 5.74) is 1.65. The first-order chi connectivity index (χ1) is 7.74. The Labute approximate surface area is 95.2 Å². The molecule has 0 unspecified atom stereocenters. The van der Waals surface area contributed by atoms with Crippen molar-refractivity contribution in [1.29, 1.82) is 0 Å². The summed E-state index contributed by atoms with van der Waals surface area (Å²) in [5.74, 6) is -0.00833. The first-order valence-electron chi connectivity index (χ1n) is 5.29. The summed E-state index contributed by atoms with van der Waals surface area (Å²) in [7, 11) is 0. The van der Waals surface area contributed by atoms with Crippen LogP contribution in [-0.2, 0) is 4.79 Å². The summed E-state index contributed by atoms with van der Waals surface area (Å²) >= 11 is 0. The van der Waals surface area contributed by atoms with Crippen LogP contribution < -0.4 is 0 Å². The van der Waals surface area contributed by atoms with Gasteiger partial charge in [-0.05, 0) is 38.0 Å². The summed E-state index contributed by atoms with van der Waals surface area (Å²) in [4.78, 5) is 25.7. The van der Waals surface area contributed by atoms with Crippen LogP contribution in [0.5, 0.6) is 0 Å². The molecule has 0 saturated heterocycles. The predicted molar refractivity (Wildman–Crippen MR) is 62.2 cm³/mol. The highest BCUT2D eigenvalue weighted by Crippen LogP contribution is 2.08. The van der Waals surface area contributed by atoms with Crippen LogP contribution in [0.1, 0.15) is 36.5 Å². The van der Waals surface area contributed by atoms with Gasteiger partial charge in [-0.3, -0.25) is 9.78 Å². The van der Waals surface area contributed by atoms with Gasteiger partial charge in [0.05, 0.1) is 0 Å². The van der Waals surface area contributed by atoms with Crippen molar-refractivity contribution in [2.45, 2.75) is 26.2 Å². The molecule has 1 aromatic rings. The lowest BCUT2D eigenvalue weighted by molar-refractivity contribution is -0.107. The highest BCUT2D eigenvalue weighted by Gasteiger charge is 2.01. The van der Waals surface area contributed by atoms with Crippen molar-refractivity contribution in [3.05, 3.63) is 41.7 Å². The standard InChI is InChI=1S/C13H15NO2/c1-11(4-2-3-9-15)10-13(16)12-5-7-14-8-6-12/h5-10H,2-4H2,1H3. The number of aromatic nitrogens is 1. The fourth-order valence-corrected chi connectivity index (χ4v) is 1.36. The zero-order valence-corrected chi connectivity index (χ0v) is 9.35. The molecule has 0 aliphatic heterocycles. The third kappa shape index (κ3) is 4.17. The highest BCUT2D eigenvalue weighted by molar-refractivity contribution is 6.04. The van der Waals surface area contributed by atoms with E-state index in [-0.39, 0.29) is 5.78 Å². The number of ketones is 1. The average molecular weight is 217 g/mol. The van der Waals surface area contributed by atoms with Gasteiger partial charge in [0, 0.05) is 24.4 Å². The van der Waals surface area contributed by atoms with Gasteiger partial charge >= 0.3 is 0 Å². The van der Waals surface area contributed by atoms with E-state index in [0.717, 1.165) is 24.7 Å². The third-order valence-corrected chi connectivity index (χ3v) is 2.24. The maximum Gasteiger partial charge on any atom is 0.185 e. The zero-order valence-electron chi connectivity index (χ0n) is 9.35. The Kier molecular flexibility index (Phi) is 5.12. The molecule has 0 aromatic carbocycles. The molecule has 0 N–H and O–H groups in total. The summed E-state index contributed by atoms with van der Waals surface area (Å²) in [6, 6.07) is 3.38. The summed E-state index contributed by atoms with van der Waals surface area (Å²) in [6.45, 7) is 1.91. The number of hydrogen-bond donors (Lipinski definition) is 0. The van der Waals surface area contributed by atoms with E-state index in [9.17, 15) is 9.59 Å². The molecule has 84 valence electrons. The topological polar surface area (TPSA) is 47.0 Å². The fraction of sp³-hybridized carbons (Fsp3) is 0.308. The fourth-order valence-electron chi connectivity index (χ4n) is 1.36. The normalized spacial score (nSPS) is 11.2. The second kappa shape index (κ2) is 6.67. The molecular weight excluding hydrogens is 202 g/mol. The number of unbranched alkanes of at least 4 members (excludes halogenated alkanes) is 1. The van der Waals surface area contributed by atoms with Crippen molar-refractivity contribution in [2.75, 3.05) is 0 Å². The maximum atomic E-state index is 11.7. The molecule has 0 fully saturated rings. The van der Waals surface area contributed by atoms with Gasteiger partial charge in [-0.1, -0.05) is 5.57 Å². The first-order valence-corrected chi connectivity index (χ1v) is 5.29. The Bertz CT molecular complexity index is 382. The number of pyridine rings is 1. The number of nitrogens with zero attached hydrogens (tertiary/aromatic N) is 1. The van der Waals surface area contributed by atoms with Gasteiger partial charge in [0.15, 0.2) is 5.78 Å². The lowest BCUT2D eigenvalue weighted by Gasteiger charge is -1.99. The van der Waals surface area contributed by atoms with Crippen molar-refractivity contribution < 1.29 is 9.59 Å². The minimum absolute atomic E-state index is 0.00833. The van der Waals surface area contributed by atoms with Crippen LogP contribution in [0.3, 0.4) is 0 Å². The van der Waals surface area contributed by atoms with Crippen LogP contribution in [0.2, 0.25) is 0 Å². The van der Waals surface area contributed by atoms with Crippen LogP contribution in [0.4, 0.5) is 0 Å². The third-order valence-electron chi connectivity index (χ3n) is 2.24. The molecule has 1 aromatic heterocycles. The molecule has 0 saturated carbocycles. The van der Waals surface area contributed by atoms with Gasteiger partial charge in [-0.15, -0.1) is 0 Å². The minimum atomic E-state index is -0.00833. The second-order valence-electron chi connectivity index (χ2n) is 3.65. The van der Waals surface area contributed by atoms with E-state index in [4.69, 9.17) is 0 Å². The number of aldehydes is 1. The van der Waals surface area contributed by atoms with Crippen molar-refractivity contribution >= 4 is 12.1 Å². The van der Waals surface area contributed by atoms with Gasteiger partial charge < -0.3 is 4.79 Å². The van der Waals surface area contributed by atoms with Crippen molar-refractivity contribution in [3.63, 3.8) is 0 Å². The van der Waals surface area contributed by atoms with E-state index in [1.165, 1.54) is 0 Å². The summed E-state index contributed by atoms with van der Waals surface area (Å²) in [6.07, 6.45) is 7.86. The molecule has 16 heavy (non-hydrogen) atoms. The van der Waals surface area contributed by atoms with Crippen molar-refractivity contribution in [3.8, 4) is 0 Å². The number of allylic oxidation sites excluding steroid dienone is 2. The largest absolute Gasteiger partial charge is 0.303 e. The van der Waals surface area contributed by atoms with Crippen LogP contribution >= 0.6 is 0 Å². The number of carbonyl (C=O) groups excluding carboxylic acids is 2. The molecule has 0 aliphatic rings. The van der Waals surface area contributed by atoms with Crippen LogP contribution in [0, 0.1) is 0 Å². The van der Waals surface area contributed by atoms with E-state index in [2.05, 4.69) is 4.98 Å². The van der Waals surface area contributed by atoms with Gasteiger partial charge in [0.25, 0.3) is 0 Å². The molecule has 0 amide bonds. The highest BCUT2D eigenvalue weighted by atomic mass is 16.1. The van der Waals surface area contributed by atoms with Gasteiger partial charge in [-0.25, -0.2) is 0 Å². The van der Waals surface area contributed by atoms with Crippen molar-refractivity contribution in [1.82, 2.24) is 4.98 Å². The monoisotopic (exact) mass is 217 g/mol. The Morgan fingerprint density at radius 2 is 2.06 bits per heavy atom. The van der Waals surface area contributed by atoms with Gasteiger partial charge in [-0.2, -0.15) is 0 Å².